The minimum Gasteiger partial charge on any atom is -0.493 e. The van der Waals surface area contributed by atoms with Crippen LogP contribution < -0.4 is 14.8 Å². The van der Waals surface area contributed by atoms with Gasteiger partial charge < -0.3 is 29.9 Å². The first-order valence-corrected chi connectivity index (χ1v) is 15.7. The number of nitrogens with one attached hydrogen (secondary N) is 1. The van der Waals surface area contributed by atoms with E-state index in [2.05, 4.69) is 12.2 Å². The van der Waals surface area contributed by atoms with Gasteiger partial charge in [-0.25, -0.2) is 0 Å². The Morgan fingerprint density at radius 2 is 1.86 bits per heavy atom. The van der Waals surface area contributed by atoms with Crippen LogP contribution in [0.3, 0.4) is 0 Å². The van der Waals surface area contributed by atoms with Gasteiger partial charge in [-0.1, -0.05) is 13.3 Å². The van der Waals surface area contributed by atoms with Crippen molar-refractivity contribution in [1.29, 1.82) is 0 Å². The van der Waals surface area contributed by atoms with Crippen LogP contribution in [0.15, 0.2) is 23.8 Å². The van der Waals surface area contributed by atoms with Crippen molar-refractivity contribution >= 4 is 18.1 Å². The lowest BCUT2D eigenvalue weighted by atomic mass is 9.49. The minimum atomic E-state index is -1.10. The smallest absolute Gasteiger partial charge is 0.247 e. The maximum absolute atomic E-state index is 14.0. The van der Waals surface area contributed by atoms with Gasteiger partial charge in [-0.3, -0.25) is 14.4 Å². The van der Waals surface area contributed by atoms with E-state index in [-0.39, 0.29) is 24.5 Å². The number of aldehydes is 1. The number of benzene rings is 1. The summed E-state index contributed by atoms with van der Waals surface area (Å²) in [6.07, 6.45) is 9.79. The number of hydrogen-bond donors (Lipinski definition) is 3. The van der Waals surface area contributed by atoms with Gasteiger partial charge in [0.2, 0.25) is 11.8 Å². The number of ether oxygens (including phenoxy) is 2. The van der Waals surface area contributed by atoms with Crippen molar-refractivity contribution in [2.45, 2.75) is 88.9 Å². The van der Waals surface area contributed by atoms with Gasteiger partial charge in [0.25, 0.3) is 0 Å². The fraction of sp³-hybridized carbons (Fsp3) is 0.667. The van der Waals surface area contributed by atoms with E-state index >= 15 is 0 Å². The monoisotopic (exact) mass is 580 g/mol. The molecule has 7 rings (SSSR count). The summed E-state index contributed by atoms with van der Waals surface area (Å²) >= 11 is 0. The van der Waals surface area contributed by atoms with Crippen molar-refractivity contribution in [2.75, 3.05) is 26.8 Å². The number of aliphatic hydroxyl groups excluding tert-OH is 2. The van der Waals surface area contributed by atoms with Crippen molar-refractivity contribution in [2.24, 2.45) is 23.2 Å². The second-order valence-electron chi connectivity index (χ2n) is 13.4. The number of carbonyl (C=O) groups is 3. The van der Waals surface area contributed by atoms with E-state index in [0.29, 0.717) is 65.2 Å². The van der Waals surface area contributed by atoms with Crippen LogP contribution in [0.4, 0.5) is 0 Å². The Balaban J connectivity index is 1.40. The quantitative estimate of drug-likeness (QED) is 0.343. The van der Waals surface area contributed by atoms with Gasteiger partial charge in [0.1, 0.15) is 18.5 Å². The molecule has 9 nitrogen and oxygen atoms in total. The van der Waals surface area contributed by atoms with E-state index in [1.54, 1.807) is 18.2 Å². The molecule has 4 bridgehead atoms. The number of hydrogen-bond acceptors (Lipinski definition) is 7. The van der Waals surface area contributed by atoms with E-state index in [1.165, 1.54) is 26.4 Å². The van der Waals surface area contributed by atoms with E-state index in [1.807, 2.05) is 4.90 Å². The highest BCUT2D eigenvalue weighted by Crippen LogP contribution is 2.60. The predicted molar refractivity (Wildman–Crippen MR) is 155 cm³/mol. The summed E-state index contributed by atoms with van der Waals surface area (Å²) in [4.78, 5) is 41.2. The van der Waals surface area contributed by atoms with Crippen LogP contribution in [0, 0.1) is 23.2 Å². The first-order valence-electron chi connectivity index (χ1n) is 15.7. The summed E-state index contributed by atoms with van der Waals surface area (Å²) in [5, 5.41) is 24.2. The zero-order valence-corrected chi connectivity index (χ0v) is 24.7. The van der Waals surface area contributed by atoms with Crippen LogP contribution in [0.2, 0.25) is 0 Å². The first-order chi connectivity index (χ1) is 20.3. The van der Waals surface area contributed by atoms with Crippen molar-refractivity contribution in [3.63, 3.8) is 0 Å². The molecule has 0 spiro atoms. The number of unbranched alkanes of at least 4 members (excludes halogenated alkanes) is 1. The Hall–Kier alpha value is -2.91. The van der Waals surface area contributed by atoms with E-state index < -0.39 is 30.1 Å². The molecule has 0 radical (unpaired) electrons. The normalized spacial score (nSPS) is 33.7. The van der Waals surface area contributed by atoms with Crippen molar-refractivity contribution < 1.29 is 34.1 Å². The van der Waals surface area contributed by atoms with Crippen LogP contribution in [0.1, 0.15) is 86.6 Å². The average Bonchev–Trinajstić information content (AvgIpc) is 3.36. The Bertz CT molecular complexity index is 1220. The van der Waals surface area contributed by atoms with Gasteiger partial charge in [-0.2, -0.15) is 0 Å². The SMILES string of the molecule is CCCCC(=O)N(CC12CC3CC(CC(C3)C1)C2)C1C=C(C(=O)NCCO)C2c3cc(C=O)cc(OC)c3OC2C1O. The molecule has 6 aliphatic rings. The third kappa shape index (κ3) is 5.12. The van der Waals surface area contributed by atoms with Crippen molar-refractivity contribution in [1.82, 2.24) is 10.2 Å². The summed E-state index contributed by atoms with van der Waals surface area (Å²) in [5.74, 6) is 1.84. The lowest BCUT2D eigenvalue weighted by Gasteiger charge is -2.58. The summed E-state index contributed by atoms with van der Waals surface area (Å²) in [6, 6.07) is 2.51. The summed E-state index contributed by atoms with van der Waals surface area (Å²) in [6.45, 7) is 2.48. The molecule has 42 heavy (non-hydrogen) atoms. The average molecular weight is 581 g/mol. The summed E-state index contributed by atoms with van der Waals surface area (Å²) < 4.78 is 11.9. The molecular formula is C33H44N2O7. The van der Waals surface area contributed by atoms with Crippen molar-refractivity contribution in [3.8, 4) is 11.5 Å². The third-order valence-electron chi connectivity index (χ3n) is 10.5. The Morgan fingerprint density at radius 3 is 2.45 bits per heavy atom. The van der Waals surface area contributed by atoms with Crippen LogP contribution in [0.5, 0.6) is 11.5 Å². The van der Waals surface area contributed by atoms with Gasteiger partial charge in [0.05, 0.1) is 25.7 Å². The fourth-order valence-corrected chi connectivity index (χ4v) is 9.24. The van der Waals surface area contributed by atoms with Crippen LogP contribution >= 0.6 is 0 Å². The number of amides is 2. The van der Waals surface area contributed by atoms with Crippen molar-refractivity contribution in [3.05, 3.63) is 34.9 Å². The number of nitrogens with zero attached hydrogens (tertiary/aromatic N) is 1. The second-order valence-corrected chi connectivity index (χ2v) is 13.4. The van der Waals surface area contributed by atoms with E-state index in [0.717, 1.165) is 32.1 Å². The van der Waals surface area contributed by atoms with Gasteiger partial charge in [0, 0.05) is 36.2 Å². The van der Waals surface area contributed by atoms with Gasteiger partial charge in [-0.15, -0.1) is 0 Å². The largest absolute Gasteiger partial charge is 0.493 e. The molecule has 2 amide bonds. The number of methoxy groups -OCH3 is 1. The molecule has 4 fully saturated rings. The maximum atomic E-state index is 14.0. The third-order valence-corrected chi connectivity index (χ3v) is 10.5. The summed E-state index contributed by atoms with van der Waals surface area (Å²) in [5.41, 5.74) is 1.38. The molecule has 228 valence electrons. The molecule has 3 N–H and O–H groups in total. The Labute approximate surface area is 247 Å². The number of aliphatic hydroxyl groups is 2. The van der Waals surface area contributed by atoms with E-state index in [9.17, 15) is 24.6 Å². The van der Waals surface area contributed by atoms with Crippen LogP contribution in [0.25, 0.3) is 0 Å². The standard InChI is InChI=1S/C33H44N2O7/c1-3-4-5-27(38)35(18-33-14-19-8-20(15-33)10-21(9-19)16-33)25-13-24(32(40)34-6-7-36)28-23-11-22(17-37)12-26(41-2)30(23)42-31(28)29(25)39/h11-13,17,19-21,25,28-29,31,36,39H,3-10,14-16,18H2,1-2H3,(H,34,40). The molecule has 4 atom stereocenters. The molecule has 4 saturated carbocycles. The van der Waals surface area contributed by atoms with Crippen LogP contribution in [-0.4, -0.2) is 78.3 Å². The van der Waals surface area contributed by atoms with Crippen LogP contribution in [-0.2, 0) is 9.59 Å². The number of carbonyl (C=O) groups excluding carboxylic acids is 3. The Morgan fingerprint density at radius 1 is 1.17 bits per heavy atom. The lowest BCUT2D eigenvalue weighted by Crippen LogP contribution is -2.59. The van der Waals surface area contributed by atoms with E-state index in [4.69, 9.17) is 9.47 Å². The number of rotatable bonds is 11. The molecular weight excluding hydrogens is 536 g/mol. The molecule has 1 aliphatic heterocycles. The maximum Gasteiger partial charge on any atom is 0.247 e. The molecule has 1 aromatic rings. The Kier molecular flexibility index (Phi) is 8.09. The molecule has 0 aromatic heterocycles. The zero-order valence-electron chi connectivity index (χ0n) is 24.7. The zero-order chi connectivity index (χ0) is 29.6. The second kappa shape index (κ2) is 11.6. The highest BCUT2D eigenvalue weighted by atomic mass is 16.5. The van der Waals surface area contributed by atoms with Gasteiger partial charge >= 0.3 is 0 Å². The van der Waals surface area contributed by atoms with Gasteiger partial charge in [-0.05, 0) is 86.3 Å². The molecule has 4 unspecified atom stereocenters. The molecule has 5 aliphatic carbocycles. The predicted octanol–water partition coefficient (Wildman–Crippen LogP) is 3.37. The molecule has 0 saturated heterocycles. The highest BCUT2D eigenvalue weighted by Gasteiger charge is 2.55. The molecule has 1 heterocycles. The number of fused-ring (bicyclic) bond motifs is 3. The summed E-state index contributed by atoms with van der Waals surface area (Å²) in [7, 11) is 1.49. The topological polar surface area (TPSA) is 125 Å². The minimum absolute atomic E-state index is 0.00204. The molecule has 9 heteroatoms. The lowest BCUT2D eigenvalue weighted by molar-refractivity contribution is -0.145. The highest BCUT2D eigenvalue weighted by molar-refractivity contribution is 5.96. The molecule has 1 aromatic carbocycles. The first kappa shape index (κ1) is 29.2. The fourth-order valence-electron chi connectivity index (χ4n) is 9.24. The van der Waals surface area contributed by atoms with Gasteiger partial charge in [0.15, 0.2) is 11.5 Å².